The molecule has 0 atom stereocenters. The molecule has 0 aromatic carbocycles. The number of aliphatic imine (C=N–C) groups is 1. The average molecular weight is 337 g/mol. The maximum absolute atomic E-state index is 12.0. The fourth-order valence-electron chi connectivity index (χ4n) is 1.10. The van der Waals surface area contributed by atoms with Crippen LogP contribution in [0.15, 0.2) is 16.6 Å². The summed E-state index contributed by atoms with van der Waals surface area (Å²) in [7, 11) is -1.38. The van der Waals surface area contributed by atoms with Crippen LogP contribution in [0.5, 0.6) is 0 Å². The molecule has 0 heterocycles. The van der Waals surface area contributed by atoms with E-state index in [2.05, 4.69) is 14.5 Å². The fourth-order valence-corrected chi connectivity index (χ4v) is 2.41. The first kappa shape index (κ1) is 19.5. The van der Waals surface area contributed by atoms with Gasteiger partial charge in [-0.25, -0.2) is 9.79 Å². The number of isocyanates is 1. The van der Waals surface area contributed by atoms with Gasteiger partial charge < -0.3 is 9.47 Å². The average Bonchev–Trinajstić information content (AvgIpc) is 2.32. The summed E-state index contributed by atoms with van der Waals surface area (Å²) in [5, 5.41) is -0.216. The molecule has 122 valence electrons. The van der Waals surface area contributed by atoms with E-state index in [9.17, 15) is 31.1 Å². The molecule has 0 rings (SSSR count). The van der Waals surface area contributed by atoms with Crippen LogP contribution in [0.3, 0.4) is 0 Å². The highest BCUT2D eigenvalue weighted by Gasteiger charge is 2.29. The molecular formula is C10H13F6NO3Si. The van der Waals surface area contributed by atoms with Crippen molar-refractivity contribution in [1.82, 2.24) is 0 Å². The minimum absolute atomic E-state index is 0.159. The van der Waals surface area contributed by atoms with E-state index in [4.69, 9.17) is 0 Å². The van der Waals surface area contributed by atoms with Gasteiger partial charge in [0.25, 0.3) is 0 Å². The van der Waals surface area contributed by atoms with Crippen LogP contribution in [0.25, 0.3) is 0 Å². The second-order valence-corrected chi connectivity index (χ2v) is 5.75. The molecule has 4 nitrogen and oxygen atoms in total. The molecule has 0 amide bonds. The van der Waals surface area contributed by atoms with Crippen molar-refractivity contribution >= 4 is 15.6 Å². The maximum Gasteiger partial charge on any atom is 0.422 e. The first-order chi connectivity index (χ1) is 9.64. The van der Waals surface area contributed by atoms with Crippen molar-refractivity contribution in [2.24, 2.45) is 4.99 Å². The van der Waals surface area contributed by atoms with Gasteiger partial charge in [0, 0.05) is 0 Å². The van der Waals surface area contributed by atoms with Gasteiger partial charge in [-0.15, -0.1) is 0 Å². The van der Waals surface area contributed by atoms with Gasteiger partial charge >= 0.3 is 12.4 Å². The number of carbonyl (C=O) groups excluding carboxylic acids is 1. The maximum atomic E-state index is 12.0. The molecule has 21 heavy (non-hydrogen) atoms. The highest BCUT2D eigenvalue weighted by molar-refractivity contribution is 6.44. The molecule has 0 N–H and O–H groups in total. The van der Waals surface area contributed by atoms with Crippen molar-refractivity contribution < 1.29 is 40.6 Å². The second kappa shape index (κ2) is 9.45. The van der Waals surface area contributed by atoms with Gasteiger partial charge in [0.05, 0.1) is 6.54 Å². The summed E-state index contributed by atoms with van der Waals surface area (Å²) in [6.07, 6.45) is -6.88. The quantitative estimate of drug-likeness (QED) is 0.162. The number of rotatable bonds is 9. The number of ether oxygens (including phenoxy) is 2. The lowest BCUT2D eigenvalue weighted by Crippen LogP contribution is -2.19. The molecule has 0 aliphatic rings. The molecule has 0 aliphatic heterocycles. The van der Waals surface area contributed by atoms with E-state index in [-0.39, 0.29) is 11.9 Å². The Balaban J connectivity index is 4.32. The largest absolute Gasteiger partial charge is 0.491 e. The van der Waals surface area contributed by atoms with Crippen molar-refractivity contribution in [1.29, 1.82) is 0 Å². The number of hydrogen-bond acceptors (Lipinski definition) is 4. The van der Waals surface area contributed by atoms with Crippen molar-refractivity contribution in [3.05, 3.63) is 11.6 Å². The van der Waals surface area contributed by atoms with Crippen LogP contribution in [-0.2, 0) is 14.3 Å². The third-order valence-corrected chi connectivity index (χ3v) is 3.61. The highest BCUT2D eigenvalue weighted by Crippen LogP contribution is 2.18. The molecule has 11 heteroatoms. The Morgan fingerprint density at radius 3 is 2.29 bits per heavy atom. The van der Waals surface area contributed by atoms with Gasteiger partial charge in [0.2, 0.25) is 6.08 Å². The number of alkyl halides is 6. The molecule has 0 unspecified atom stereocenters. The van der Waals surface area contributed by atoms with Gasteiger partial charge in [-0.2, -0.15) is 26.3 Å². The molecular weight excluding hydrogens is 324 g/mol. The normalized spacial score (nSPS) is 13.3. The molecule has 0 radical (unpaired) electrons. The highest BCUT2D eigenvalue weighted by atomic mass is 28.2. The predicted octanol–water partition coefficient (Wildman–Crippen LogP) is 2.26. The Morgan fingerprint density at radius 1 is 1.14 bits per heavy atom. The number of halogens is 6. The van der Waals surface area contributed by atoms with E-state index in [1.165, 1.54) is 6.08 Å². The number of nitrogens with zero attached hydrogens (tertiary/aromatic N) is 1. The standard InChI is InChI=1S/C10H13F6NO3Si/c11-9(12,13)5-19-4-8(20-6-10(14,15)16)21-3-1-2-17-7-18/h4H,1-3,5-6,21H2/b8-4-. The molecule has 0 fully saturated rings. The zero-order valence-corrected chi connectivity index (χ0v) is 12.2. The van der Waals surface area contributed by atoms with Gasteiger partial charge in [0.1, 0.15) is 21.2 Å². The molecule has 0 saturated heterocycles. The summed E-state index contributed by atoms with van der Waals surface area (Å²) in [5.74, 6) is 0. The SMILES string of the molecule is O=C=NCCC[SiH2]/C(=C\OCC(F)(F)F)OCC(F)(F)F. The van der Waals surface area contributed by atoms with E-state index in [0.29, 0.717) is 18.7 Å². The molecule has 0 bridgehead atoms. The minimum Gasteiger partial charge on any atom is -0.491 e. The zero-order valence-electron chi connectivity index (χ0n) is 10.8. The van der Waals surface area contributed by atoms with Crippen molar-refractivity contribution in [3.8, 4) is 0 Å². The van der Waals surface area contributed by atoms with E-state index in [0.717, 1.165) is 0 Å². The van der Waals surface area contributed by atoms with Crippen LogP contribution in [0.4, 0.5) is 26.3 Å². The molecule has 0 aromatic heterocycles. The van der Waals surface area contributed by atoms with E-state index < -0.39 is 35.1 Å². The lowest BCUT2D eigenvalue weighted by Gasteiger charge is -2.13. The van der Waals surface area contributed by atoms with Crippen LogP contribution >= 0.6 is 0 Å². The summed E-state index contributed by atoms with van der Waals surface area (Å²) < 4.78 is 80.2. The van der Waals surface area contributed by atoms with E-state index >= 15 is 0 Å². The minimum atomic E-state index is -4.58. The van der Waals surface area contributed by atoms with Gasteiger partial charge in [-0.1, -0.05) is 6.04 Å². The topological polar surface area (TPSA) is 47.9 Å². The van der Waals surface area contributed by atoms with Gasteiger partial charge in [0.15, 0.2) is 13.2 Å². The molecule has 0 aliphatic carbocycles. The third kappa shape index (κ3) is 14.7. The Kier molecular flexibility index (Phi) is 8.79. The zero-order chi connectivity index (χ0) is 16.4. The predicted molar refractivity (Wildman–Crippen MR) is 63.1 cm³/mol. The summed E-state index contributed by atoms with van der Waals surface area (Å²) >= 11 is 0. The second-order valence-electron chi connectivity index (χ2n) is 3.84. The third-order valence-electron chi connectivity index (χ3n) is 1.89. The Morgan fingerprint density at radius 2 is 1.76 bits per heavy atom. The van der Waals surface area contributed by atoms with Crippen molar-refractivity contribution in [2.45, 2.75) is 24.8 Å². The molecule has 0 saturated carbocycles. The van der Waals surface area contributed by atoms with Crippen LogP contribution < -0.4 is 0 Å². The van der Waals surface area contributed by atoms with Crippen LogP contribution in [0, 0.1) is 0 Å². The molecule has 0 spiro atoms. The Hall–Kier alpha value is -1.48. The lowest BCUT2D eigenvalue weighted by molar-refractivity contribution is -0.168. The lowest BCUT2D eigenvalue weighted by atomic mass is 10.5. The van der Waals surface area contributed by atoms with Gasteiger partial charge in [-0.05, 0) is 6.42 Å². The summed E-state index contributed by atoms with van der Waals surface area (Å²) in [5.41, 5.74) is 0. The molecule has 0 aromatic rings. The van der Waals surface area contributed by atoms with Crippen LogP contribution in [0.2, 0.25) is 6.04 Å². The van der Waals surface area contributed by atoms with Gasteiger partial charge in [-0.3, -0.25) is 0 Å². The fraction of sp³-hybridized carbons (Fsp3) is 0.700. The van der Waals surface area contributed by atoms with Crippen LogP contribution in [0.1, 0.15) is 6.42 Å². The smallest absolute Gasteiger partial charge is 0.422 e. The monoisotopic (exact) mass is 337 g/mol. The first-order valence-corrected chi connectivity index (χ1v) is 7.45. The summed E-state index contributed by atoms with van der Waals surface area (Å²) in [6.45, 7) is -3.03. The van der Waals surface area contributed by atoms with Crippen LogP contribution in [-0.4, -0.2) is 47.7 Å². The van der Waals surface area contributed by atoms with E-state index in [1.54, 1.807) is 0 Å². The summed E-state index contributed by atoms with van der Waals surface area (Å²) in [4.78, 5) is 13.0. The first-order valence-electron chi connectivity index (χ1n) is 5.74. The number of hydrogen-bond donors (Lipinski definition) is 0. The Labute approximate surface area is 118 Å². The Bertz CT molecular complexity index is 376. The van der Waals surface area contributed by atoms with Crippen molar-refractivity contribution in [2.75, 3.05) is 19.8 Å². The van der Waals surface area contributed by atoms with E-state index in [1.807, 2.05) is 0 Å². The van der Waals surface area contributed by atoms with Crippen molar-refractivity contribution in [3.63, 3.8) is 0 Å². The summed E-state index contributed by atoms with van der Waals surface area (Å²) in [6, 6.07) is 0.407.